The monoisotopic (exact) mass is 507 g/mol. The van der Waals surface area contributed by atoms with E-state index in [1.165, 1.54) is 17.8 Å². The minimum atomic E-state index is -3.67. The van der Waals surface area contributed by atoms with Crippen LogP contribution in [0.3, 0.4) is 0 Å². The second-order valence-corrected chi connectivity index (χ2v) is 11.5. The van der Waals surface area contributed by atoms with E-state index < -0.39 is 27.8 Å². The summed E-state index contributed by atoms with van der Waals surface area (Å²) >= 11 is 1.39. The zero-order chi connectivity index (χ0) is 24.9. The molecule has 0 saturated carbocycles. The molecular weight excluding hydrogens is 474 g/mol. The molecule has 186 valence electrons. The van der Waals surface area contributed by atoms with E-state index >= 15 is 0 Å². The standard InChI is InChI=1S/C25H33NO6S2/c1-5-7-12-25(6-2)16-26(18-8-10-19(31-3)11-9-18)20-13-22(33-4)21(32-15-24(27)28)14-23(20)34(29,30)17-25/h8-11,13-14H,5-7,12,15-17H2,1-4H3,(H,27,28)/t25-/m1/s1. The highest BCUT2D eigenvalue weighted by Crippen LogP contribution is 2.47. The third kappa shape index (κ3) is 5.63. The van der Waals surface area contributed by atoms with Crippen molar-refractivity contribution in [2.75, 3.05) is 37.2 Å². The summed E-state index contributed by atoms with van der Waals surface area (Å²) in [5, 5.41) is 9.07. The smallest absolute Gasteiger partial charge is 0.341 e. The number of carbonyl (C=O) groups is 1. The molecule has 1 aliphatic rings. The van der Waals surface area contributed by atoms with Crippen LogP contribution in [0.5, 0.6) is 11.5 Å². The van der Waals surface area contributed by atoms with Crippen molar-refractivity contribution in [3.05, 3.63) is 36.4 Å². The maximum atomic E-state index is 13.8. The number of thioether (sulfide) groups is 1. The molecule has 0 bridgehead atoms. The molecule has 2 aromatic rings. The Bertz CT molecular complexity index is 1120. The number of nitrogens with zero attached hydrogens (tertiary/aromatic N) is 1. The average molecular weight is 508 g/mol. The summed E-state index contributed by atoms with van der Waals surface area (Å²) < 4.78 is 38.3. The number of aliphatic carboxylic acids is 1. The van der Waals surface area contributed by atoms with Crippen LogP contribution in [0, 0.1) is 5.41 Å². The molecule has 7 nitrogen and oxygen atoms in total. The molecule has 0 radical (unpaired) electrons. The molecule has 1 heterocycles. The van der Waals surface area contributed by atoms with Gasteiger partial charge in [-0.15, -0.1) is 11.8 Å². The van der Waals surface area contributed by atoms with Gasteiger partial charge >= 0.3 is 5.97 Å². The molecule has 0 aliphatic carbocycles. The first-order chi connectivity index (χ1) is 16.2. The molecule has 1 N–H and O–H groups in total. The fraction of sp³-hybridized carbons (Fsp3) is 0.480. The zero-order valence-corrected chi connectivity index (χ0v) is 21.8. The molecule has 3 rings (SSSR count). The number of fused-ring (bicyclic) bond motifs is 1. The molecule has 0 spiro atoms. The Balaban J connectivity index is 2.24. The lowest BCUT2D eigenvalue weighted by molar-refractivity contribution is -0.139. The lowest BCUT2D eigenvalue weighted by Crippen LogP contribution is -2.37. The summed E-state index contributed by atoms with van der Waals surface area (Å²) in [5.74, 6) is -0.0900. The van der Waals surface area contributed by atoms with E-state index in [1.807, 2.05) is 36.6 Å². The zero-order valence-electron chi connectivity index (χ0n) is 20.2. The molecule has 34 heavy (non-hydrogen) atoms. The van der Waals surface area contributed by atoms with Gasteiger partial charge in [0, 0.05) is 23.7 Å². The maximum absolute atomic E-state index is 13.8. The molecule has 1 aliphatic heterocycles. The highest BCUT2D eigenvalue weighted by molar-refractivity contribution is 7.98. The normalized spacial score (nSPS) is 19.2. The van der Waals surface area contributed by atoms with E-state index in [9.17, 15) is 13.2 Å². The van der Waals surface area contributed by atoms with E-state index in [2.05, 4.69) is 18.7 Å². The summed E-state index contributed by atoms with van der Waals surface area (Å²) in [6.45, 7) is 4.19. The molecule has 9 heteroatoms. The first-order valence-electron chi connectivity index (χ1n) is 11.4. The van der Waals surface area contributed by atoms with Crippen LogP contribution in [0.1, 0.15) is 39.5 Å². The number of benzene rings is 2. The molecule has 1 atom stereocenters. The van der Waals surface area contributed by atoms with E-state index in [4.69, 9.17) is 14.6 Å². The van der Waals surface area contributed by atoms with Gasteiger partial charge in [-0.05, 0) is 49.4 Å². The average Bonchev–Trinajstić information content (AvgIpc) is 2.93. The number of rotatable bonds is 10. The Kier molecular flexibility index (Phi) is 8.41. The summed E-state index contributed by atoms with van der Waals surface area (Å²) in [7, 11) is -2.06. The lowest BCUT2D eigenvalue weighted by atomic mass is 9.81. The second kappa shape index (κ2) is 10.9. The van der Waals surface area contributed by atoms with Crippen LogP contribution in [-0.2, 0) is 14.6 Å². The third-order valence-corrected chi connectivity index (χ3v) is 9.16. The van der Waals surface area contributed by atoms with Crippen LogP contribution in [-0.4, -0.2) is 51.8 Å². The van der Waals surface area contributed by atoms with Gasteiger partial charge in [0.2, 0.25) is 0 Å². The van der Waals surface area contributed by atoms with Crippen molar-refractivity contribution >= 4 is 38.9 Å². The molecule has 0 saturated heterocycles. The number of ether oxygens (including phenoxy) is 2. The van der Waals surface area contributed by atoms with Crippen LogP contribution in [0.2, 0.25) is 0 Å². The first-order valence-corrected chi connectivity index (χ1v) is 14.3. The van der Waals surface area contributed by atoms with Gasteiger partial charge in [0.25, 0.3) is 0 Å². The SMILES string of the molecule is CCCC[C@]1(CC)CN(c2ccc(OC)cc2)c2cc(SC)c(OCC(=O)O)cc2S(=O)(=O)C1. The lowest BCUT2D eigenvalue weighted by Gasteiger charge is -2.36. The van der Waals surface area contributed by atoms with Crippen LogP contribution in [0.4, 0.5) is 11.4 Å². The second-order valence-electron chi connectivity index (χ2n) is 8.65. The quantitative estimate of drug-likeness (QED) is 0.428. The van der Waals surface area contributed by atoms with Crippen molar-refractivity contribution in [2.24, 2.45) is 5.41 Å². The van der Waals surface area contributed by atoms with E-state index in [-0.39, 0.29) is 16.4 Å². The minimum Gasteiger partial charge on any atom is -0.497 e. The Morgan fingerprint density at radius 2 is 1.91 bits per heavy atom. The van der Waals surface area contributed by atoms with E-state index in [0.717, 1.165) is 37.1 Å². The Morgan fingerprint density at radius 1 is 1.21 bits per heavy atom. The van der Waals surface area contributed by atoms with Gasteiger partial charge in [0.1, 0.15) is 11.5 Å². The Labute approximate surface area is 206 Å². The molecular formula is C25H33NO6S2. The number of hydrogen-bond donors (Lipinski definition) is 1. The summed E-state index contributed by atoms with van der Waals surface area (Å²) in [6, 6.07) is 10.9. The van der Waals surface area contributed by atoms with Crippen molar-refractivity contribution in [3.63, 3.8) is 0 Å². The van der Waals surface area contributed by atoms with Crippen molar-refractivity contribution in [3.8, 4) is 11.5 Å². The molecule has 2 aromatic carbocycles. The summed E-state index contributed by atoms with van der Waals surface area (Å²) in [5.41, 5.74) is 1.04. The number of carboxylic acid groups (broad SMARTS) is 1. The van der Waals surface area contributed by atoms with E-state index in [1.54, 1.807) is 7.11 Å². The van der Waals surface area contributed by atoms with E-state index in [0.29, 0.717) is 17.1 Å². The van der Waals surface area contributed by atoms with Crippen molar-refractivity contribution in [2.45, 2.75) is 49.3 Å². The van der Waals surface area contributed by atoms with Gasteiger partial charge < -0.3 is 19.5 Å². The fourth-order valence-corrected chi connectivity index (χ4v) is 7.16. The highest BCUT2D eigenvalue weighted by atomic mass is 32.2. The van der Waals surface area contributed by atoms with Gasteiger partial charge in [0.05, 0.1) is 28.3 Å². The fourth-order valence-electron chi connectivity index (χ4n) is 4.44. The first kappa shape index (κ1) is 26.2. The third-order valence-electron chi connectivity index (χ3n) is 6.41. The van der Waals surface area contributed by atoms with Crippen LogP contribution in [0.25, 0.3) is 0 Å². The number of hydrogen-bond acceptors (Lipinski definition) is 7. The van der Waals surface area contributed by atoms with Gasteiger partial charge in [-0.3, -0.25) is 0 Å². The topological polar surface area (TPSA) is 93.1 Å². The van der Waals surface area contributed by atoms with Crippen LogP contribution >= 0.6 is 11.8 Å². The summed E-state index contributed by atoms with van der Waals surface area (Å²) in [4.78, 5) is 14.0. The molecule has 0 fully saturated rings. The van der Waals surface area contributed by atoms with Crippen molar-refractivity contribution < 1.29 is 27.8 Å². The predicted molar refractivity (Wildman–Crippen MR) is 136 cm³/mol. The van der Waals surface area contributed by atoms with Crippen LogP contribution < -0.4 is 14.4 Å². The van der Waals surface area contributed by atoms with Crippen LogP contribution in [0.15, 0.2) is 46.2 Å². The Morgan fingerprint density at radius 3 is 2.47 bits per heavy atom. The van der Waals surface area contributed by atoms with Gasteiger partial charge in [-0.2, -0.15) is 0 Å². The largest absolute Gasteiger partial charge is 0.497 e. The molecule has 0 amide bonds. The van der Waals surface area contributed by atoms with Crippen molar-refractivity contribution in [1.29, 1.82) is 0 Å². The van der Waals surface area contributed by atoms with Gasteiger partial charge in [-0.25, -0.2) is 13.2 Å². The number of methoxy groups -OCH3 is 1. The molecule has 0 unspecified atom stereocenters. The van der Waals surface area contributed by atoms with Gasteiger partial charge in [-0.1, -0.05) is 26.7 Å². The van der Waals surface area contributed by atoms with Gasteiger partial charge in [0.15, 0.2) is 16.4 Å². The highest BCUT2D eigenvalue weighted by Gasteiger charge is 2.42. The predicted octanol–water partition coefficient (Wildman–Crippen LogP) is 5.39. The number of anilines is 2. The number of carboxylic acids is 1. The molecule has 0 aromatic heterocycles. The Hall–Kier alpha value is -2.39. The number of sulfone groups is 1. The number of unbranched alkanes of at least 4 members (excludes halogenated alkanes) is 1. The minimum absolute atomic E-state index is 0.0349. The summed E-state index contributed by atoms with van der Waals surface area (Å²) in [6.07, 6.45) is 5.32. The maximum Gasteiger partial charge on any atom is 0.341 e. The van der Waals surface area contributed by atoms with Crippen molar-refractivity contribution in [1.82, 2.24) is 0 Å².